The summed E-state index contributed by atoms with van der Waals surface area (Å²) in [6.45, 7) is 9.29. The van der Waals surface area contributed by atoms with Crippen molar-refractivity contribution in [3.63, 3.8) is 0 Å². The lowest BCUT2D eigenvalue weighted by Crippen LogP contribution is -2.26. The maximum absolute atomic E-state index is 5.55. The van der Waals surface area contributed by atoms with Crippen LogP contribution in [0.1, 0.15) is 38.8 Å². The Hall–Kier alpha value is -0.870. The van der Waals surface area contributed by atoms with Crippen molar-refractivity contribution in [2.24, 2.45) is 5.92 Å². The second-order valence-electron chi connectivity index (χ2n) is 5.18. The van der Waals surface area contributed by atoms with Gasteiger partial charge in [-0.1, -0.05) is 0 Å². The average molecular weight is 237 g/mol. The van der Waals surface area contributed by atoms with Crippen molar-refractivity contribution in [1.29, 1.82) is 0 Å². The van der Waals surface area contributed by atoms with Crippen molar-refractivity contribution in [2.45, 2.75) is 45.9 Å². The van der Waals surface area contributed by atoms with Crippen LogP contribution in [0, 0.1) is 5.92 Å². The molecule has 0 spiro atoms. The van der Waals surface area contributed by atoms with Crippen LogP contribution in [0.5, 0.6) is 0 Å². The topological polar surface area (TPSA) is 39.1 Å². The van der Waals surface area contributed by atoms with Crippen molar-refractivity contribution in [3.05, 3.63) is 18.0 Å². The second kappa shape index (κ2) is 5.65. The Bertz CT molecular complexity index is 348. The van der Waals surface area contributed by atoms with E-state index in [9.17, 15) is 0 Å². The van der Waals surface area contributed by atoms with Gasteiger partial charge in [-0.25, -0.2) is 0 Å². The van der Waals surface area contributed by atoms with Crippen molar-refractivity contribution < 1.29 is 4.74 Å². The molecule has 1 saturated heterocycles. The van der Waals surface area contributed by atoms with Crippen molar-refractivity contribution in [2.75, 3.05) is 13.2 Å². The van der Waals surface area contributed by atoms with Gasteiger partial charge in [0.15, 0.2) is 0 Å². The van der Waals surface area contributed by atoms with Crippen LogP contribution in [0.25, 0.3) is 0 Å². The molecule has 1 aliphatic rings. The zero-order valence-electron chi connectivity index (χ0n) is 11.0. The summed E-state index contributed by atoms with van der Waals surface area (Å²) in [5.41, 5.74) is 1.25. The van der Waals surface area contributed by atoms with Crippen LogP contribution in [-0.2, 0) is 11.3 Å². The maximum atomic E-state index is 5.55. The Morgan fingerprint density at radius 1 is 1.59 bits per heavy atom. The van der Waals surface area contributed by atoms with Gasteiger partial charge in [0.1, 0.15) is 0 Å². The molecule has 1 aliphatic heterocycles. The first-order valence-corrected chi connectivity index (χ1v) is 6.52. The Kier molecular flexibility index (Phi) is 4.18. The lowest BCUT2D eigenvalue weighted by Gasteiger charge is -2.14. The van der Waals surface area contributed by atoms with E-state index in [1.165, 1.54) is 12.0 Å². The third kappa shape index (κ3) is 3.30. The minimum Gasteiger partial charge on any atom is -0.378 e. The van der Waals surface area contributed by atoms with E-state index in [2.05, 4.69) is 37.4 Å². The molecule has 2 atom stereocenters. The van der Waals surface area contributed by atoms with Crippen molar-refractivity contribution >= 4 is 0 Å². The maximum Gasteiger partial charge on any atom is 0.0588 e. The molecular weight excluding hydrogens is 214 g/mol. The predicted molar refractivity (Wildman–Crippen MR) is 67.8 cm³/mol. The molecule has 4 nitrogen and oxygen atoms in total. The molecule has 1 aromatic rings. The van der Waals surface area contributed by atoms with Crippen LogP contribution in [-0.4, -0.2) is 29.0 Å². The average Bonchev–Trinajstić information content (AvgIpc) is 2.89. The molecule has 1 N–H and O–H groups in total. The van der Waals surface area contributed by atoms with Gasteiger partial charge in [-0.15, -0.1) is 0 Å². The fourth-order valence-corrected chi connectivity index (χ4v) is 2.20. The standard InChI is InChI=1S/C13H23N3O/c1-10(2)16-9-12(7-15-16)6-14-8-13-4-5-17-11(13)3/h7,9-11,13-14H,4-6,8H2,1-3H3. The monoisotopic (exact) mass is 237 g/mol. The highest BCUT2D eigenvalue weighted by Gasteiger charge is 2.23. The third-order valence-corrected chi connectivity index (χ3v) is 3.45. The number of hydrogen-bond acceptors (Lipinski definition) is 3. The summed E-state index contributed by atoms with van der Waals surface area (Å²) >= 11 is 0. The summed E-state index contributed by atoms with van der Waals surface area (Å²) in [6.07, 6.45) is 5.65. The number of nitrogens with zero attached hydrogens (tertiary/aromatic N) is 2. The Balaban J connectivity index is 1.74. The zero-order chi connectivity index (χ0) is 12.3. The fraction of sp³-hybridized carbons (Fsp3) is 0.769. The molecule has 2 unspecified atom stereocenters. The smallest absolute Gasteiger partial charge is 0.0588 e. The van der Waals surface area contributed by atoms with E-state index in [4.69, 9.17) is 4.74 Å². The van der Waals surface area contributed by atoms with Gasteiger partial charge < -0.3 is 10.1 Å². The number of nitrogens with one attached hydrogen (secondary N) is 1. The highest BCUT2D eigenvalue weighted by atomic mass is 16.5. The second-order valence-corrected chi connectivity index (χ2v) is 5.18. The highest BCUT2D eigenvalue weighted by molar-refractivity contribution is 5.03. The summed E-state index contributed by atoms with van der Waals surface area (Å²) in [7, 11) is 0. The number of hydrogen-bond donors (Lipinski definition) is 1. The molecular formula is C13H23N3O. The molecule has 0 bridgehead atoms. The first-order chi connectivity index (χ1) is 8.16. The van der Waals surface area contributed by atoms with E-state index < -0.39 is 0 Å². The molecule has 1 aromatic heterocycles. The summed E-state index contributed by atoms with van der Waals surface area (Å²) in [6, 6.07) is 0.437. The van der Waals surface area contributed by atoms with Gasteiger partial charge in [-0.05, 0) is 33.1 Å². The summed E-state index contributed by atoms with van der Waals surface area (Å²) in [4.78, 5) is 0. The normalized spacial score (nSPS) is 24.7. The Labute approximate surface area is 103 Å². The molecule has 2 rings (SSSR count). The lowest BCUT2D eigenvalue weighted by molar-refractivity contribution is 0.105. The molecule has 0 radical (unpaired) electrons. The van der Waals surface area contributed by atoms with E-state index in [0.29, 0.717) is 18.1 Å². The van der Waals surface area contributed by atoms with Gasteiger partial charge in [0.2, 0.25) is 0 Å². The molecule has 1 fully saturated rings. The van der Waals surface area contributed by atoms with Gasteiger partial charge in [0.05, 0.1) is 12.3 Å². The van der Waals surface area contributed by atoms with Gasteiger partial charge >= 0.3 is 0 Å². The third-order valence-electron chi connectivity index (χ3n) is 3.45. The number of rotatable bonds is 5. The van der Waals surface area contributed by atoms with E-state index in [-0.39, 0.29) is 0 Å². The Morgan fingerprint density at radius 2 is 2.41 bits per heavy atom. The lowest BCUT2D eigenvalue weighted by atomic mass is 10.0. The molecule has 4 heteroatoms. The first-order valence-electron chi connectivity index (χ1n) is 6.52. The van der Waals surface area contributed by atoms with Crippen LogP contribution >= 0.6 is 0 Å². The van der Waals surface area contributed by atoms with Crippen LogP contribution in [0.4, 0.5) is 0 Å². The van der Waals surface area contributed by atoms with Gasteiger partial charge in [0, 0.05) is 37.5 Å². The summed E-state index contributed by atoms with van der Waals surface area (Å²) < 4.78 is 7.55. The van der Waals surface area contributed by atoms with Crippen molar-refractivity contribution in [1.82, 2.24) is 15.1 Å². The van der Waals surface area contributed by atoms with Crippen LogP contribution in [0.15, 0.2) is 12.4 Å². The molecule has 17 heavy (non-hydrogen) atoms. The molecule has 96 valence electrons. The zero-order valence-corrected chi connectivity index (χ0v) is 11.0. The van der Waals surface area contributed by atoms with E-state index in [1.807, 2.05) is 10.9 Å². The molecule has 2 heterocycles. The minimum atomic E-state index is 0.404. The van der Waals surface area contributed by atoms with Crippen LogP contribution in [0.3, 0.4) is 0 Å². The highest BCUT2D eigenvalue weighted by Crippen LogP contribution is 2.19. The van der Waals surface area contributed by atoms with E-state index >= 15 is 0 Å². The van der Waals surface area contributed by atoms with Gasteiger partial charge in [0.25, 0.3) is 0 Å². The largest absolute Gasteiger partial charge is 0.378 e. The Morgan fingerprint density at radius 3 is 3.00 bits per heavy atom. The van der Waals surface area contributed by atoms with Gasteiger partial charge in [-0.2, -0.15) is 5.10 Å². The summed E-state index contributed by atoms with van der Waals surface area (Å²) in [5.74, 6) is 0.662. The van der Waals surface area contributed by atoms with E-state index in [0.717, 1.165) is 19.7 Å². The van der Waals surface area contributed by atoms with Crippen LogP contribution < -0.4 is 5.32 Å². The van der Waals surface area contributed by atoms with Crippen LogP contribution in [0.2, 0.25) is 0 Å². The number of ether oxygens (including phenoxy) is 1. The summed E-state index contributed by atoms with van der Waals surface area (Å²) in [5, 5.41) is 7.83. The SMILES string of the molecule is CC1OCCC1CNCc1cnn(C(C)C)c1. The quantitative estimate of drug-likeness (QED) is 0.851. The minimum absolute atomic E-state index is 0.404. The molecule has 0 saturated carbocycles. The van der Waals surface area contributed by atoms with E-state index in [1.54, 1.807) is 0 Å². The first kappa shape index (κ1) is 12.6. The molecule has 0 aromatic carbocycles. The van der Waals surface area contributed by atoms with Gasteiger partial charge in [-0.3, -0.25) is 4.68 Å². The van der Waals surface area contributed by atoms with Crippen molar-refractivity contribution in [3.8, 4) is 0 Å². The predicted octanol–water partition coefficient (Wildman–Crippen LogP) is 1.98. The number of aromatic nitrogens is 2. The fourth-order valence-electron chi connectivity index (χ4n) is 2.20. The molecule has 0 amide bonds. The molecule has 0 aliphatic carbocycles.